The van der Waals surface area contributed by atoms with Crippen LogP contribution in [0.2, 0.25) is 5.02 Å². The van der Waals surface area contributed by atoms with Gasteiger partial charge in [-0.25, -0.2) is 0 Å². The molecule has 7 nitrogen and oxygen atoms in total. The van der Waals surface area contributed by atoms with Gasteiger partial charge in [-0.05, 0) is 30.7 Å². The van der Waals surface area contributed by atoms with E-state index in [0.717, 1.165) is 21.5 Å². The highest BCUT2D eigenvalue weighted by Crippen LogP contribution is 2.30. The third-order valence-electron chi connectivity index (χ3n) is 4.61. The van der Waals surface area contributed by atoms with Crippen LogP contribution in [0.4, 0.5) is 0 Å². The number of carbonyl (C=O) groups is 1. The molecule has 3 aromatic heterocycles. The zero-order chi connectivity index (χ0) is 20.5. The highest BCUT2D eigenvalue weighted by Gasteiger charge is 2.20. The molecule has 0 aliphatic heterocycles. The molecular formula is C20H20ClN5O2S. The second kappa shape index (κ2) is 7.96. The van der Waals surface area contributed by atoms with E-state index in [2.05, 4.69) is 15.2 Å². The van der Waals surface area contributed by atoms with Crippen LogP contribution in [-0.2, 0) is 19.5 Å². The largest absolute Gasteiger partial charge is 0.337 e. The molecule has 0 spiro atoms. The predicted octanol–water partition coefficient (Wildman–Crippen LogP) is 4.33. The molecule has 1 aromatic carbocycles. The average Bonchev–Trinajstić information content (AvgIpc) is 3.41. The minimum atomic E-state index is -0.0834. The normalized spacial score (nSPS) is 11.3. The van der Waals surface area contributed by atoms with Gasteiger partial charge in [-0.2, -0.15) is 10.1 Å². The topological polar surface area (TPSA) is 77.0 Å². The molecule has 3 heterocycles. The lowest BCUT2D eigenvalue weighted by molar-refractivity contribution is 0.0774. The van der Waals surface area contributed by atoms with Gasteiger partial charge >= 0.3 is 0 Å². The molecule has 0 bridgehead atoms. The summed E-state index contributed by atoms with van der Waals surface area (Å²) in [6.45, 7) is 4.80. The van der Waals surface area contributed by atoms with E-state index in [-0.39, 0.29) is 12.5 Å². The van der Waals surface area contributed by atoms with E-state index < -0.39 is 0 Å². The Balaban J connectivity index is 1.56. The summed E-state index contributed by atoms with van der Waals surface area (Å²) in [4.78, 5) is 20.4. The SMILES string of the molecule is CCc1noc(CN(C)C(=O)c2cc3c(C)nn(Cc4ccc(Cl)cc4)c3s2)n1. The molecule has 0 saturated heterocycles. The van der Waals surface area contributed by atoms with Crippen molar-refractivity contribution in [3.8, 4) is 0 Å². The Morgan fingerprint density at radius 2 is 2.07 bits per heavy atom. The number of amides is 1. The van der Waals surface area contributed by atoms with Gasteiger partial charge in [-0.15, -0.1) is 11.3 Å². The number of aromatic nitrogens is 4. The van der Waals surface area contributed by atoms with Crippen molar-refractivity contribution in [3.63, 3.8) is 0 Å². The Labute approximate surface area is 176 Å². The van der Waals surface area contributed by atoms with E-state index in [1.54, 1.807) is 11.9 Å². The molecule has 0 N–H and O–H groups in total. The number of thiophene rings is 1. The molecule has 0 unspecified atom stereocenters. The summed E-state index contributed by atoms with van der Waals surface area (Å²) in [5.41, 5.74) is 2.00. The summed E-state index contributed by atoms with van der Waals surface area (Å²) < 4.78 is 7.13. The molecule has 9 heteroatoms. The first-order chi connectivity index (χ1) is 13.9. The molecule has 29 heavy (non-hydrogen) atoms. The third kappa shape index (κ3) is 4.04. The quantitative estimate of drug-likeness (QED) is 0.456. The van der Waals surface area contributed by atoms with E-state index in [0.29, 0.717) is 34.6 Å². The molecular weight excluding hydrogens is 410 g/mol. The van der Waals surface area contributed by atoms with Gasteiger partial charge in [0, 0.05) is 23.9 Å². The zero-order valence-electron chi connectivity index (χ0n) is 16.3. The fourth-order valence-electron chi connectivity index (χ4n) is 3.05. The Morgan fingerprint density at radius 1 is 1.31 bits per heavy atom. The molecule has 0 aliphatic carbocycles. The first kappa shape index (κ1) is 19.6. The minimum absolute atomic E-state index is 0.0834. The van der Waals surface area contributed by atoms with Crippen LogP contribution in [0.3, 0.4) is 0 Å². The molecule has 0 atom stereocenters. The Hall–Kier alpha value is -2.71. The van der Waals surface area contributed by atoms with Gasteiger partial charge < -0.3 is 9.42 Å². The van der Waals surface area contributed by atoms with Crippen LogP contribution < -0.4 is 0 Å². The van der Waals surface area contributed by atoms with Gasteiger partial charge in [0.15, 0.2) is 5.82 Å². The van der Waals surface area contributed by atoms with Crippen LogP contribution in [0, 0.1) is 6.92 Å². The maximum Gasteiger partial charge on any atom is 0.264 e. The van der Waals surface area contributed by atoms with Crippen molar-refractivity contribution in [1.29, 1.82) is 0 Å². The van der Waals surface area contributed by atoms with Crippen LogP contribution in [0.15, 0.2) is 34.9 Å². The molecule has 0 aliphatic rings. The fourth-order valence-corrected chi connectivity index (χ4v) is 4.33. The van der Waals surface area contributed by atoms with Gasteiger partial charge in [0.25, 0.3) is 5.91 Å². The molecule has 1 amide bonds. The second-order valence-electron chi connectivity index (χ2n) is 6.82. The Bertz CT molecular complexity index is 1160. The third-order valence-corrected chi connectivity index (χ3v) is 6.00. The van der Waals surface area contributed by atoms with Crippen molar-refractivity contribution < 1.29 is 9.32 Å². The van der Waals surface area contributed by atoms with Crippen LogP contribution in [-0.4, -0.2) is 37.8 Å². The molecule has 0 saturated carbocycles. The molecule has 4 rings (SSSR count). The summed E-state index contributed by atoms with van der Waals surface area (Å²) in [5, 5.41) is 10.2. The van der Waals surface area contributed by atoms with E-state index in [1.165, 1.54) is 11.3 Å². The maximum atomic E-state index is 12.9. The second-order valence-corrected chi connectivity index (χ2v) is 8.29. The Morgan fingerprint density at radius 3 is 2.76 bits per heavy atom. The van der Waals surface area contributed by atoms with Gasteiger partial charge in [-0.3, -0.25) is 9.48 Å². The predicted molar refractivity (Wildman–Crippen MR) is 112 cm³/mol. The molecule has 4 aromatic rings. The average molecular weight is 430 g/mol. The number of carbonyl (C=O) groups excluding carboxylic acids is 1. The number of halogens is 1. The van der Waals surface area contributed by atoms with E-state index >= 15 is 0 Å². The van der Waals surface area contributed by atoms with Gasteiger partial charge in [0.2, 0.25) is 5.89 Å². The van der Waals surface area contributed by atoms with Gasteiger partial charge in [0.1, 0.15) is 11.4 Å². The number of hydrogen-bond donors (Lipinski definition) is 0. The lowest BCUT2D eigenvalue weighted by Crippen LogP contribution is -2.25. The van der Waals surface area contributed by atoms with Gasteiger partial charge in [-0.1, -0.05) is 35.8 Å². The van der Waals surface area contributed by atoms with Crippen LogP contribution in [0.1, 0.15) is 39.6 Å². The minimum Gasteiger partial charge on any atom is -0.337 e. The van der Waals surface area contributed by atoms with Crippen molar-refractivity contribution in [3.05, 3.63) is 63.2 Å². The summed E-state index contributed by atoms with van der Waals surface area (Å²) in [5.74, 6) is 0.990. The Kier molecular flexibility index (Phi) is 5.38. The number of fused-ring (bicyclic) bond motifs is 1. The number of nitrogens with zero attached hydrogens (tertiary/aromatic N) is 5. The highest BCUT2D eigenvalue weighted by molar-refractivity contribution is 7.20. The maximum absolute atomic E-state index is 12.9. The summed E-state index contributed by atoms with van der Waals surface area (Å²) in [6.07, 6.45) is 0.695. The van der Waals surface area contributed by atoms with E-state index in [1.807, 2.05) is 48.9 Å². The number of hydrogen-bond acceptors (Lipinski definition) is 6. The summed E-state index contributed by atoms with van der Waals surface area (Å²) in [6, 6.07) is 9.60. The number of aryl methyl sites for hydroxylation is 2. The standard InChI is InChI=1S/C20H20ClN5O2S/c1-4-17-22-18(28-24-17)11-25(3)19(27)16-9-15-12(2)23-26(20(15)29-16)10-13-5-7-14(21)8-6-13/h5-9H,4,10-11H2,1-3H3. The summed E-state index contributed by atoms with van der Waals surface area (Å²) >= 11 is 7.41. The van der Waals surface area contributed by atoms with E-state index in [4.69, 9.17) is 16.1 Å². The van der Waals surface area contributed by atoms with Crippen LogP contribution >= 0.6 is 22.9 Å². The highest BCUT2D eigenvalue weighted by atomic mass is 35.5. The van der Waals surface area contributed by atoms with Crippen LogP contribution in [0.5, 0.6) is 0 Å². The van der Waals surface area contributed by atoms with Crippen molar-refractivity contribution in [1.82, 2.24) is 24.8 Å². The fraction of sp³-hybridized carbons (Fsp3) is 0.300. The first-order valence-corrected chi connectivity index (χ1v) is 10.4. The van der Waals surface area contributed by atoms with Crippen molar-refractivity contribution in [2.75, 3.05) is 7.05 Å². The zero-order valence-corrected chi connectivity index (χ0v) is 17.9. The smallest absolute Gasteiger partial charge is 0.264 e. The molecule has 150 valence electrons. The first-order valence-electron chi connectivity index (χ1n) is 9.23. The van der Waals surface area contributed by atoms with Crippen molar-refractivity contribution in [2.45, 2.75) is 33.4 Å². The van der Waals surface area contributed by atoms with E-state index in [9.17, 15) is 4.79 Å². The molecule has 0 fully saturated rings. The van der Waals surface area contributed by atoms with Gasteiger partial charge in [0.05, 0.1) is 17.1 Å². The lowest BCUT2D eigenvalue weighted by atomic mass is 10.2. The van der Waals surface area contributed by atoms with Crippen molar-refractivity contribution >= 4 is 39.1 Å². The summed E-state index contributed by atoms with van der Waals surface area (Å²) in [7, 11) is 1.73. The monoisotopic (exact) mass is 429 g/mol. The van der Waals surface area contributed by atoms with Crippen molar-refractivity contribution in [2.24, 2.45) is 0 Å². The lowest BCUT2D eigenvalue weighted by Gasteiger charge is -2.13. The number of benzene rings is 1. The van der Waals surface area contributed by atoms with Crippen LogP contribution in [0.25, 0.3) is 10.2 Å². The molecule has 0 radical (unpaired) electrons. The number of rotatable bonds is 6.